The molecule has 1 aromatic carbocycles. The van der Waals surface area contributed by atoms with Crippen LogP contribution < -0.4 is 16.4 Å². The van der Waals surface area contributed by atoms with Gasteiger partial charge in [-0.2, -0.15) is 0 Å². The Kier molecular flexibility index (Phi) is 5.12. The van der Waals surface area contributed by atoms with Crippen molar-refractivity contribution >= 4 is 23.5 Å². The Morgan fingerprint density at radius 2 is 1.94 bits per heavy atom. The van der Waals surface area contributed by atoms with Crippen LogP contribution in [0.4, 0.5) is 4.79 Å². The monoisotopic (exact) mass is 270 g/mol. The molecule has 3 amide bonds. The van der Waals surface area contributed by atoms with E-state index < -0.39 is 18.0 Å². The van der Waals surface area contributed by atoms with E-state index in [2.05, 4.69) is 0 Å². The third-order valence-corrected chi connectivity index (χ3v) is 2.98. The van der Waals surface area contributed by atoms with Crippen LogP contribution in [0.3, 0.4) is 0 Å². The molecule has 0 heterocycles. The largest absolute Gasteiger partial charge is 0.351 e. The van der Waals surface area contributed by atoms with Crippen LogP contribution in [0, 0.1) is 0 Å². The van der Waals surface area contributed by atoms with Crippen LogP contribution in [-0.2, 0) is 4.79 Å². The van der Waals surface area contributed by atoms with Crippen LogP contribution in [-0.4, -0.2) is 18.0 Å². The minimum absolute atomic E-state index is 0.00678. The van der Waals surface area contributed by atoms with E-state index in [1.807, 2.05) is 35.8 Å². The lowest BCUT2D eigenvalue weighted by atomic mass is 10.1. The Morgan fingerprint density at radius 1 is 1.33 bits per heavy atom. The highest BCUT2D eigenvalue weighted by Crippen LogP contribution is 2.19. The Labute approximate surface area is 111 Å². The number of urea groups is 1. The van der Waals surface area contributed by atoms with Gasteiger partial charge in [-0.15, -0.1) is 0 Å². The Hall–Kier alpha value is -1.59. The second-order valence-electron chi connectivity index (χ2n) is 4.14. The van der Waals surface area contributed by atoms with Gasteiger partial charge in [0.15, 0.2) is 6.04 Å². The number of carbonyl (C=O) groups excluding carboxylic acids is 2. The van der Waals surface area contributed by atoms with Gasteiger partial charge in [0, 0.05) is 10.6 Å². The number of benzene rings is 1. The Bertz CT molecular complexity index is 451. The molecule has 0 fully saturated rings. The van der Waals surface area contributed by atoms with Crippen LogP contribution in [0.1, 0.15) is 25.5 Å². The van der Waals surface area contributed by atoms with E-state index in [-0.39, 0.29) is 6.04 Å². The molecule has 0 bridgehead atoms. The fraction of sp³-hybridized carbons (Fsp3) is 0.333. The average molecular weight is 271 g/mol. The number of amides is 3. The third-order valence-electron chi connectivity index (χ3n) is 2.63. The van der Waals surface area contributed by atoms with Crippen molar-refractivity contribution in [1.29, 1.82) is 0 Å². The number of nitrogens with one attached hydrogen (secondary N) is 1. The van der Waals surface area contributed by atoms with Gasteiger partial charge in [-0.05, 0) is 19.9 Å². The highest BCUT2D eigenvalue weighted by molar-refractivity contribution is 6.31. The summed E-state index contributed by atoms with van der Waals surface area (Å²) in [5.41, 5.74) is 5.83. The van der Waals surface area contributed by atoms with Crippen molar-refractivity contribution < 1.29 is 14.9 Å². The number of hydrogen-bond acceptors (Lipinski definition) is 2. The number of nitrogens with two attached hydrogens (primary N) is 2. The van der Waals surface area contributed by atoms with Gasteiger partial charge in [-0.25, -0.2) is 4.79 Å². The Morgan fingerprint density at radius 3 is 2.50 bits per heavy atom. The van der Waals surface area contributed by atoms with Crippen molar-refractivity contribution in [3.8, 4) is 0 Å². The van der Waals surface area contributed by atoms with E-state index in [9.17, 15) is 9.59 Å². The molecule has 0 unspecified atom stereocenters. The van der Waals surface area contributed by atoms with Crippen LogP contribution in [0.5, 0.6) is 0 Å². The zero-order chi connectivity index (χ0) is 13.7. The molecule has 5 nitrogen and oxygen atoms in total. The molecule has 2 atom stereocenters. The zero-order valence-electron chi connectivity index (χ0n) is 10.3. The van der Waals surface area contributed by atoms with Crippen molar-refractivity contribution in [3.63, 3.8) is 0 Å². The quantitative estimate of drug-likeness (QED) is 0.746. The molecule has 98 valence electrons. The third kappa shape index (κ3) is 4.01. The maximum atomic E-state index is 11.5. The summed E-state index contributed by atoms with van der Waals surface area (Å²) in [6, 6.07) is 6.18. The highest BCUT2D eigenvalue weighted by atomic mass is 35.5. The molecule has 1 aromatic rings. The van der Waals surface area contributed by atoms with Gasteiger partial charge < -0.3 is 11.1 Å². The first-order chi connectivity index (χ1) is 8.41. The minimum atomic E-state index is -0.842. The molecule has 18 heavy (non-hydrogen) atoms. The molecule has 0 aliphatic rings. The van der Waals surface area contributed by atoms with E-state index in [0.717, 1.165) is 5.56 Å². The molecule has 0 aromatic heterocycles. The first kappa shape index (κ1) is 14.5. The van der Waals surface area contributed by atoms with Crippen LogP contribution in [0.2, 0.25) is 5.02 Å². The summed E-state index contributed by atoms with van der Waals surface area (Å²) in [4.78, 5) is 22.1. The van der Waals surface area contributed by atoms with Gasteiger partial charge in [-0.1, -0.05) is 29.8 Å². The summed E-state index contributed by atoms with van der Waals surface area (Å²) in [6.45, 7) is 3.64. The summed E-state index contributed by atoms with van der Waals surface area (Å²) < 4.78 is 0. The summed E-state index contributed by atoms with van der Waals surface area (Å²) >= 11 is 6.07. The van der Waals surface area contributed by atoms with Gasteiger partial charge in [0.1, 0.15) is 6.04 Å². The maximum absolute atomic E-state index is 11.5. The molecule has 6 heteroatoms. The average Bonchev–Trinajstić information content (AvgIpc) is 2.28. The molecule has 5 N–H and O–H groups in total. The van der Waals surface area contributed by atoms with Crippen molar-refractivity contribution in [2.24, 2.45) is 5.73 Å². The van der Waals surface area contributed by atoms with E-state index in [1.165, 1.54) is 0 Å². The number of halogens is 1. The number of imide groups is 1. The number of rotatable bonds is 4. The van der Waals surface area contributed by atoms with Crippen molar-refractivity contribution in [1.82, 2.24) is 5.32 Å². The number of primary amides is 1. The predicted octanol–water partition coefficient (Wildman–Crippen LogP) is 0.548. The highest BCUT2D eigenvalue weighted by Gasteiger charge is 2.22. The summed E-state index contributed by atoms with van der Waals surface area (Å²) in [5.74, 6) is -0.415. The molecule has 0 aliphatic heterocycles. The van der Waals surface area contributed by atoms with Crippen molar-refractivity contribution in [3.05, 3.63) is 34.9 Å². The number of hydrogen-bond donors (Lipinski definition) is 3. The van der Waals surface area contributed by atoms with Crippen LogP contribution >= 0.6 is 11.6 Å². The zero-order valence-corrected chi connectivity index (χ0v) is 11.1. The second kappa shape index (κ2) is 6.37. The topological polar surface area (TPSA) is 88.8 Å². The van der Waals surface area contributed by atoms with E-state index >= 15 is 0 Å². The van der Waals surface area contributed by atoms with Gasteiger partial charge in [0.25, 0.3) is 5.91 Å². The fourth-order valence-corrected chi connectivity index (χ4v) is 2.01. The van der Waals surface area contributed by atoms with Crippen LogP contribution in [0.15, 0.2) is 24.3 Å². The smallest absolute Gasteiger partial charge is 0.319 e. The molecule has 0 saturated carbocycles. The number of carbonyl (C=O) groups is 2. The van der Waals surface area contributed by atoms with E-state index in [4.69, 9.17) is 17.3 Å². The number of quaternary nitrogens is 1. The van der Waals surface area contributed by atoms with Gasteiger partial charge in [0.05, 0.1) is 0 Å². The SMILES string of the molecule is C[C@H]([NH2+][C@H](C)c1ccccc1Cl)C(=O)NC(N)=O. The standard InChI is InChI=1S/C12H16ClN3O2/c1-7(9-5-3-4-6-10(9)13)15-8(2)11(17)16-12(14)18/h3-8,15H,1-2H3,(H3,14,16,17,18)/p+1/t7-,8+/m1/s1. The molecule has 0 spiro atoms. The van der Waals surface area contributed by atoms with Crippen molar-refractivity contribution in [2.75, 3.05) is 0 Å². The summed E-state index contributed by atoms with van der Waals surface area (Å²) in [6.07, 6.45) is 0. The maximum Gasteiger partial charge on any atom is 0.319 e. The lowest BCUT2D eigenvalue weighted by Crippen LogP contribution is -2.92. The molecule has 0 aliphatic carbocycles. The molecule has 0 saturated heterocycles. The first-order valence-corrected chi connectivity index (χ1v) is 5.99. The molecular weight excluding hydrogens is 254 g/mol. The second-order valence-corrected chi connectivity index (χ2v) is 4.55. The lowest BCUT2D eigenvalue weighted by molar-refractivity contribution is -0.710. The lowest BCUT2D eigenvalue weighted by Gasteiger charge is -2.16. The predicted molar refractivity (Wildman–Crippen MR) is 69.0 cm³/mol. The molecule has 0 radical (unpaired) electrons. The Balaban J connectivity index is 2.65. The van der Waals surface area contributed by atoms with Gasteiger partial charge >= 0.3 is 6.03 Å². The molecule has 1 rings (SSSR count). The summed E-state index contributed by atoms with van der Waals surface area (Å²) in [5, 5.41) is 4.52. The first-order valence-electron chi connectivity index (χ1n) is 5.61. The normalized spacial score (nSPS) is 13.7. The van der Waals surface area contributed by atoms with E-state index in [1.54, 1.807) is 13.0 Å². The summed E-state index contributed by atoms with van der Waals surface area (Å²) in [7, 11) is 0. The van der Waals surface area contributed by atoms with Gasteiger partial charge in [-0.3, -0.25) is 10.1 Å². The van der Waals surface area contributed by atoms with Crippen molar-refractivity contribution in [2.45, 2.75) is 25.9 Å². The molecular formula is C12H17ClN3O2+. The fourth-order valence-electron chi connectivity index (χ4n) is 1.70. The van der Waals surface area contributed by atoms with E-state index in [0.29, 0.717) is 5.02 Å². The van der Waals surface area contributed by atoms with Gasteiger partial charge in [0.2, 0.25) is 0 Å². The van der Waals surface area contributed by atoms with Crippen LogP contribution in [0.25, 0.3) is 0 Å². The minimum Gasteiger partial charge on any atom is -0.351 e.